The Hall–Kier alpha value is 1.56. The molecule has 78 valence electrons. The first kappa shape index (κ1) is 15.6. The number of hydrogen-bond acceptors (Lipinski definition) is 1. The standard InChI is InChI=1S/C9H17N2.C2H6.K/c1-8(2)11-6-4-9(7-11)3-5-10-9;1-2;/h8H,3-7H2,1-2H3;1-2H3;/q-1;;+1. The Morgan fingerprint density at radius 2 is 1.79 bits per heavy atom. The van der Waals surface area contributed by atoms with Gasteiger partial charge in [-0.2, -0.15) is 0 Å². The number of rotatable bonds is 1. The SMILES string of the molecule is CC.CC(C)N1CCC2(CC[N-]2)C1.[K+]. The predicted molar refractivity (Wildman–Crippen MR) is 58.2 cm³/mol. The zero-order valence-electron chi connectivity index (χ0n) is 10.5. The number of hydrogen-bond donors (Lipinski definition) is 0. The van der Waals surface area contributed by atoms with E-state index in [1.807, 2.05) is 13.8 Å². The van der Waals surface area contributed by atoms with Gasteiger partial charge in [0.05, 0.1) is 0 Å². The van der Waals surface area contributed by atoms with E-state index in [9.17, 15) is 0 Å². The van der Waals surface area contributed by atoms with Gasteiger partial charge in [-0.05, 0) is 26.9 Å². The van der Waals surface area contributed by atoms with E-state index < -0.39 is 0 Å². The average molecular weight is 222 g/mol. The fourth-order valence-corrected chi connectivity index (χ4v) is 2.09. The van der Waals surface area contributed by atoms with E-state index in [1.165, 1.54) is 25.9 Å². The van der Waals surface area contributed by atoms with Gasteiger partial charge in [0.25, 0.3) is 0 Å². The molecule has 0 aliphatic carbocycles. The summed E-state index contributed by atoms with van der Waals surface area (Å²) in [6, 6.07) is 0.713. The summed E-state index contributed by atoms with van der Waals surface area (Å²) in [5.74, 6) is 0. The van der Waals surface area contributed by atoms with Gasteiger partial charge >= 0.3 is 51.4 Å². The van der Waals surface area contributed by atoms with Crippen molar-refractivity contribution in [1.82, 2.24) is 4.90 Å². The van der Waals surface area contributed by atoms with Gasteiger partial charge in [-0.1, -0.05) is 26.7 Å². The first-order valence-electron chi connectivity index (χ1n) is 5.65. The first-order valence-corrected chi connectivity index (χ1v) is 5.65. The molecule has 3 heteroatoms. The molecule has 1 spiro atoms. The van der Waals surface area contributed by atoms with Crippen LogP contribution in [0.25, 0.3) is 5.32 Å². The second kappa shape index (κ2) is 6.99. The van der Waals surface area contributed by atoms with Crippen LogP contribution in [0, 0.1) is 0 Å². The van der Waals surface area contributed by atoms with Crippen LogP contribution in [-0.4, -0.2) is 36.1 Å². The van der Waals surface area contributed by atoms with Crippen molar-refractivity contribution in [2.45, 2.75) is 52.1 Å². The zero-order valence-corrected chi connectivity index (χ0v) is 13.6. The van der Waals surface area contributed by atoms with Crippen molar-refractivity contribution in [2.24, 2.45) is 0 Å². The fraction of sp³-hybridized carbons (Fsp3) is 1.00. The molecule has 2 nitrogen and oxygen atoms in total. The average Bonchev–Trinajstić information content (AvgIpc) is 2.51. The van der Waals surface area contributed by atoms with Crippen LogP contribution < -0.4 is 51.4 Å². The Morgan fingerprint density at radius 3 is 2.00 bits per heavy atom. The topological polar surface area (TPSA) is 17.3 Å². The summed E-state index contributed by atoms with van der Waals surface area (Å²) in [6.07, 6.45) is 2.65. The van der Waals surface area contributed by atoms with Gasteiger partial charge in [0.15, 0.2) is 0 Å². The minimum Gasteiger partial charge on any atom is -0.656 e. The molecule has 0 saturated carbocycles. The normalized spacial score (nSPS) is 30.6. The molecule has 2 aliphatic rings. The first-order chi connectivity index (χ1) is 6.22. The quantitative estimate of drug-likeness (QED) is 0.554. The van der Waals surface area contributed by atoms with Gasteiger partial charge in [0.2, 0.25) is 0 Å². The van der Waals surface area contributed by atoms with E-state index in [0.717, 1.165) is 6.54 Å². The molecule has 0 bridgehead atoms. The molecule has 1 atom stereocenters. The summed E-state index contributed by atoms with van der Waals surface area (Å²) in [5.41, 5.74) is 0.421. The van der Waals surface area contributed by atoms with Crippen LogP contribution in [-0.2, 0) is 0 Å². The van der Waals surface area contributed by atoms with Crippen LogP contribution in [0.2, 0.25) is 0 Å². The molecule has 2 heterocycles. The van der Waals surface area contributed by atoms with Gasteiger partial charge in [-0.3, -0.25) is 0 Å². The smallest absolute Gasteiger partial charge is 0.656 e. The molecule has 0 amide bonds. The third-order valence-electron chi connectivity index (χ3n) is 3.12. The van der Waals surface area contributed by atoms with Crippen molar-refractivity contribution >= 4 is 0 Å². The molecule has 2 saturated heterocycles. The van der Waals surface area contributed by atoms with Gasteiger partial charge in [0.1, 0.15) is 0 Å². The van der Waals surface area contributed by atoms with Crippen LogP contribution in [0.1, 0.15) is 40.5 Å². The van der Waals surface area contributed by atoms with Gasteiger partial charge < -0.3 is 10.2 Å². The third kappa shape index (κ3) is 3.54. The van der Waals surface area contributed by atoms with Crippen molar-refractivity contribution in [2.75, 3.05) is 19.6 Å². The van der Waals surface area contributed by atoms with Crippen molar-refractivity contribution < 1.29 is 51.4 Å². The molecule has 2 fully saturated rings. The summed E-state index contributed by atoms with van der Waals surface area (Å²) in [7, 11) is 0. The van der Waals surface area contributed by atoms with Crippen LogP contribution >= 0.6 is 0 Å². The molecule has 0 aromatic rings. The van der Waals surface area contributed by atoms with Crippen LogP contribution in [0.15, 0.2) is 0 Å². The molecular weight excluding hydrogens is 199 g/mol. The maximum atomic E-state index is 4.59. The second-order valence-corrected chi connectivity index (χ2v) is 4.17. The van der Waals surface area contributed by atoms with Crippen molar-refractivity contribution in [3.63, 3.8) is 0 Å². The zero-order chi connectivity index (χ0) is 9.90. The maximum absolute atomic E-state index is 4.59. The summed E-state index contributed by atoms with van der Waals surface area (Å²) in [4.78, 5) is 2.54. The van der Waals surface area contributed by atoms with Crippen molar-refractivity contribution in [3.8, 4) is 0 Å². The summed E-state index contributed by atoms with van der Waals surface area (Å²) in [5, 5.41) is 4.59. The maximum Gasteiger partial charge on any atom is 1.00 e. The van der Waals surface area contributed by atoms with Crippen LogP contribution in [0.3, 0.4) is 0 Å². The Kier molecular flexibility index (Phi) is 7.77. The van der Waals surface area contributed by atoms with Crippen LogP contribution in [0.5, 0.6) is 0 Å². The van der Waals surface area contributed by atoms with Crippen molar-refractivity contribution in [1.29, 1.82) is 0 Å². The van der Waals surface area contributed by atoms with E-state index in [-0.39, 0.29) is 51.4 Å². The molecule has 0 aromatic heterocycles. The molecule has 1 unspecified atom stereocenters. The van der Waals surface area contributed by atoms with Crippen LogP contribution in [0.4, 0.5) is 0 Å². The summed E-state index contributed by atoms with van der Waals surface area (Å²) >= 11 is 0. The van der Waals surface area contributed by atoms with E-state index in [2.05, 4.69) is 24.1 Å². The molecular formula is C11H23KN2. The number of nitrogens with zero attached hydrogens (tertiary/aromatic N) is 2. The Labute approximate surface area is 132 Å². The molecule has 14 heavy (non-hydrogen) atoms. The second-order valence-electron chi connectivity index (χ2n) is 4.17. The van der Waals surface area contributed by atoms with E-state index >= 15 is 0 Å². The third-order valence-corrected chi connectivity index (χ3v) is 3.12. The Morgan fingerprint density at radius 1 is 1.21 bits per heavy atom. The molecule has 0 aromatic carbocycles. The molecule has 2 aliphatic heterocycles. The molecule has 2 rings (SSSR count). The Balaban J connectivity index is 0.000000531. The van der Waals surface area contributed by atoms with E-state index in [0.29, 0.717) is 11.6 Å². The summed E-state index contributed by atoms with van der Waals surface area (Å²) in [6.45, 7) is 12.2. The predicted octanol–water partition coefficient (Wildman–Crippen LogP) is -0.353. The van der Waals surface area contributed by atoms with Crippen molar-refractivity contribution in [3.05, 3.63) is 5.32 Å². The van der Waals surface area contributed by atoms with E-state index in [4.69, 9.17) is 0 Å². The number of likely N-dealkylation sites (tertiary alicyclic amines) is 1. The monoisotopic (exact) mass is 222 g/mol. The van der Waals surface area contributed by atoms with Gasteiger partial charge in [0, 0.05) is 6.04 Å². The molecule has 0 N–H and O–H groups in total. The van der Waals surface area contributed by atoms with Gasteiger partial charge in [-0.15, -0.1) is 12.1 Å². The minimum absolute atomic E-state index is 0. The largest absolute Gasteiger partial charge is 1.00 e. The minimum atomic E-state index is 0. The fourth-order valence-electron chi connectivity index (χ4n) is 2.09. The Bertz CT molecular complexity index is 155. The van der Waals surface area contributed by atoms with E-state index in [1.54, 1.807) is 0 Å². The van der Waals surface area contributed by atoms with Gasteiger partial charge in [-0.25, -0.2) is 0 Å². The molecule has 0 radical (unpaired) electrons. The summed E-state index contributed by atoms with van der Waals surface area (Å²) < 4.78 is 0.